The Kier molecular flexibility index (Phi) is 5.68. The quantitative estimate of drug-likeness (QED) is 0.557. The average Bonchev–Trinajstić information content (AvgIpc) is 2.53. The molecule has 5 nitrogen and oxygen atoms in total. The Morgan fingerprint density at radius 3 is 2.74 bits per heavy atom. The molecule has 0 atom stereocenters. The van der Waals surface area contributed by atoms with Gasteiger partial charge in [-0.15, -0.1) is 0 Å². The van der Waals surface area contributed by atoms with Gasteiger partial charge in [0.05, 0.1) is 19.3 Å². The third-order valence-corrected chi connectivity index (χ3v) is 3.97. The Labute approximate surface area is 136 Å². The summed E-state index contributed by atoms with van der Waals surface area (Å²) in [6.07, 6.45) is 6.88. The number of aryl methyl sites for hydroxylation is 1. The molecule has 0 unspecified atom stereocenters. The molecule has 1 aliphatic carbocycles. The van der Waals surface area contributed by atoms with Crippen LogP contribution in [0.25, 0.3) is 0 Å². The van der Waals surface area contributed by atoms with Crippen molar-refractivity contribution in [3.63, 3.8) is 0 Å². The highest BCUT2D eigenvalue weighted by Gasteiger charge is 2.11. The van der Waals surface area contributed by atoms with E-state index in [9.17, 15) is 15.0 Å². The number of benzene rings is 1. The number of allylic oxidation sites excluding steroid dienone is 3. The maximum Gasteiger partial charge on any atom is 0.224 e. The lowest BCUT2D eigenvalue weighted by molar-refractivity contribution is -0.120. The van der Waals surface area contributed by atoms with Crippen molar-refractivity contribution in [3.05, 3.63) is 46.7 Å². The summed E-state index contributed by atoms with van der Waals surface area (Å²) in [6.45, 7) is 2.37. The highest BCUT2D eigenvalue weighted by Crippen LogP contribution is 2.28. The van der Waals surface area contributed by atoms with Crippen molar-refractivity contribution < 1.29 is 19.7 Å². The molecule has 5 heteroatoms. The number of methoxy groups -OCH3 is 1. The molecule has 0 fully saturated rings. The zero-order valence-corrected chi connectivity index (χ0v) is 13.6. The molecule has 23 heavy (non-hydrogen) atoms. The van der Waals surface area contributed by atoms with Crippen molar-refractivity contribution >= 4 is 5.91 Å². The van der Waals surface area contributed by atoms with Crippen molar-refractivity contribution in [3.8, 4) is 11.5 Å². The van der Waals surface area contributed by atoms with E-state index in [4.69, 9.17) is 4.74 Å². The number of aromatic hydroxyl groups is 2. The molecule has 2 rings (SSSR count). The van der Waals surface area contributed by atoms with Gasteiger partial charge in [0.25, 0.3) is 0 Å². The van der Waals surface area contributed by atoms with Crippen LogP contribution < -0.4 is 5.32 Å². The van der Waals surface area contributed by atoms with Crippen LogP contribution in [-0.2, 0) is 16.0 Å². The number of carbonyl (C=O) groups is 1. The molecule has 0 spiro atoms. The highest BCUT2D eigenvalue weighted by atomic mass is 16.5. The van der Waals surface area contributed by atoms with Gasteiger partial charge in [-0.25, -0.2) is 0 Å². The van der Waals surface area contributed by atoms with Crippen LogP contribution in [0.2, 0.25) is 0 Å². The van der Waals surface area contributed by atoms with E-state index >= 15 is 0 Å². The van der Waals surface area contributed by atoms with E-state index in [1.54, 1.807) is 14.0 Å². The van der Waals surface area contributed by atoms with Gasteiger partial charge >= 0.3 is 0 Å². The fraction of sp³-hybridized carbons (Fsp3) is 0.389. The summed E-state index contributed by atoms with van der Waals surface area (Å²) < 4.78 is 5.25. The van der Waals surface area contributed by atoms with Gasteiger partial charge in [0.15, 0.2) is 11.5 Å². The molecule has 1 aromatic carbocycles. The first kappa shape index (κ1) is 16.9. The van der Waals surface area contributed by atoms with Crippen molar-refractivity contribution in [1.29, 1.82) is 0 Å². The van der Waals surface area contributed by atoms with E-state index in [2.05, 4.69) is 17.5 Å². The SMILES string of the molecule is COC1=CCC=C(CCNC(=O)Cc2cc(O)c(O)cc2C)C1. The van der Waals surface area contributed by atoms with E-state index in [1.807, 2.05) is 0 Å². The number of hydrogen-bond donors (Lipinski definition) is 3. The van der Waals surface area contributed by atoms with Gasteiger partial charge in [-0.3, -0.25) is 4.79 Å². The van der Waals surface area contributed by atoms with E-state index < -0.39 is 0 Å². The lowest BCUT2D eigenvalue weighted by atomic mass is 10.0. The molecule has 1 amide bonds. The number of phenols is 2. The van der Waals surface area contributed by atoms with Crippen LogP contribution in [0.3, 0.4) is 0 Å². The summed E-state index contributed by atoms with van der Waals surface area (Å²) in [5.41, 5.74) is 2.75. The molecule has 124 valence electrons. The minimum Gasteiger partial charge on any atom is -0.504 e. The van der Waals surface area contributed by atoms with Crippen LogP contribution in [0.5, 0.6) is 11.5 Å². The van der Waals surface area contributed by atoms with Gasteiger partial charge in [-0.2, -0.15) is 0 Å². The summed E-state index contributed by atoms with van der Waals surface area (Å²) in [7, 11) is 1.67. The first-order chi connectivity index (χ1) is 11.0. The first-order valence-electron chi connectivity index (χ1n) is 7.68. The lowest BCUT2D eigenvalue weighted by Gasteiger charge is -2.15. The van der Waals surface area contributed by atoms with E-state index in [-0.39, 0.29) is 23.8 Å². The van der Waals surface area contributed by atoms with Crippen LogP contribution in [-0.4, -0.2) is 29.8 Å². The molecule has 0 aliphatic heterocycles. The van der Waals surface area contributed by atoms with Crippen LogP contribution >= 0.6 is 0 Å². The third-order valence-electron chi connectivity index (χ3n) is 3.97. The summed E-state index contributed by atoms with van der Waals surface area (Å²) in [4.78, 5) is 12.0. The Morgan fingerprint density at radius 2 is 2.00 bits per heavy atom. The minimum absolute atomic E-state index is 0.0999. The van der Waals surface area contributed by atoms with E-state index in [0.29, 0.717) is 12.1 Å². The molecule has 0 heterocycles. The van der Waals surface area contributed by atoms with Crippen LogP contribution in [0, 0.1) is 6.92 Å². The number of ether oxygens (including phenoxy) is 1. The van der Waals surface area contributed by atoms with Gasteiger partial charge in [-0.1, -0.05) is 11.6 Å². The van der Waals surface area contributed by atoms with Gasteiger partial charge < -0.3 is 20.3 Å². The summed E-state index contributed by atoms with van der Waals surface area (Å²) in [5, 5.41) is 21.8. The normalized spacial score (nSPS) is 14.0. The van der Waals surface area contributed by atoms with Crippen LogP contribution in [0.1, 0.15) is 30.4 Å². The molecule has 1 aliphatic rings. The Balaban J connectivity index is 1.80. The second-order valence-corrected chi connectivity index (χ2v) is 5.69. The smallest absolute Gasteiger partial charge is 0.224 e. The summed E-state index contributed by atoms with van der Waals surface area (Å²) in [6, 6.07) is 2.90. The number of amides is 1. The topological polar surface area (TPSA) is 78.8 Å². The van der Waals surface area contributed by atoms with Crippen molar-refractivity contribution in [2.45, 2.75) is 32.6 Å². The molecule has 0 saturated heterocycles. The molecule has 0 saturated carbocycles. The molecule has 1 aromatic rings. The fourth-order valence-electron chi connectivity index (χ4n) is 2.58. The third kappa shape index (κ3) is 4.77. The summed E-state index contributed by atoms with van der Waals surface area (Å²) in [5.74, 6) is 0.503. The van der Waals surface area contributed by atoms with E-state index in [0.717, 1.165) is 30.6 Å². The highest BCUT2D eigenvalue weighted by molar-refractivity contribution is 5.79. The zero-order chi connectivity index (χ0) is 16.8. The Hall–Kier alpha value is -2.43. The number of hydrogen-bond acceptors (Lipinski definition) is 4. The number of carbonyl (C=O) groups excluding carboxylic acids is 1. The molecular formula is C18H23NO4. The fourth-order valence-corrected chi connectivity index (χ4v) is 2.58. The standard InChI is InChI=1S/C18H23NO4/c1-12-8-16(20)17(21)10-14(12)11-18(22)19-7-6-13-4-3-5-15(9-13)23-2/h4-5,8,10,20-21H,3,6-7,9,11H2,1-2H3,(H,19,22). The molecule has 0 bridgehead atoms. The second-order valence-electron chi connectivity index (χ2n) is 5.69. The largest absolute Gasteiger partial charge is 0.504 e. The monoisotopic (exact) mass is 317 g/mol. The second kappa shape index (κ2) is 7.72. The molecular weight excluding hydrogens is 294 g/mol. The van der Waals surface area contributed by atoms with Crippen molar-refractivity contribution in [1.82, 2.24) is 5.32 Å². The van der Waals surface area contributed by atoms with Crippen LogP contribution in [0.4, 0.5) is 0 Å². The average molecular weight is 317 g/mol. The Bertz CT molecular complexity index is 647. The Morgan fingerprint density at radius 1 is 1.26 bits per heavy atom. The maximum absolute atomic E-state index is 12.0. The van der Waals surface area contributed by atoms with Crippen molar-refractivity contribution in [2.75, 3.05) is 13.7 Å². The van der Waals surface area contributed by atoms with Gasteiger partial charge in [0.2, 0.25) is 5.91 Å². The summed E-state index contributed by atoms with van der Waals surface area (Å²) >= 11 is 0. The minimum atomic E-state index is -0.204. The molecule has 0 radical (unpaired) electrons. The zero-order valence-electron chi connectivity index (χ0n) is 13.6. The predicted octanol–water partition coefficient (Wildman–Crippen LogP) is 2.71. The van der Waals surface area contributed by atoms with Gasteiger partial charge in [-0.05, 0) is 49.1 Å². The van der Waals surface area contributed by atoms with Crippen LogP contribution in [0.15, 0.2) is 35.6 Å². The number of phenolic OH excluding ortho intramolecular Hbond substituents is 2. The predicted molar refractivity (Wildman–Crippen MR) is 88.2 cm³/mol. The molecule has 3 N–H and O–H groups in total. The first-order valence-corrected chi connectivity index (χ1v) is 7.68. The number of rotatable bonds is 6. The maximum atomic E-state index is 12.0. The van der Waals surface area contributed by atoms with Crippen molar-refractivity contribution in [2.24, 2.45) is 0 Å². The van der Waals surface area contributed by atoms with E-state index in [1.165, 1.54) is 17.7 Å². The number of nitrogens with one attached hydrogen (secondary N) is 1. The van der Waals surface area contributed by atoms with Gasteiger partial charge in [0.1, 0.15) is 0 Å². The molecule has 0 aromatic heterocycles. The lowest BCUT2D eigenvalue weighted by Crippen LogP contribution is -2.26. The van der Waals surface area contributed by atoms with Gasteiger partial charge in [0, 0.05) is 13.0 Å².